The van der Waals surface area contributed by atoms with E-state index in [1.54, 1.807) is 0 Å². The van der Waals surface area contributed by atoms with Gasteiger partial charge < -0.3 is 0 Å². The van der Waals surface area contributed by atoms with Crippen LogP contribution in [0.1, 0.15) is 24.8 Å². The number of hydrogen-bond acceptors (Lipinski definition) is 1. The number of benzene rings is 1. The van der Waals surface area contributed by atoms with Gasteiger partial charge in [0, 0.05) is 11.8 Å². The summed E-state index contributed by atoms with van der Waals surface area (Å²) in [6.45, 7) is 3.80. The minimum Gasteiger partial charge on any atom is -0.299 e. The second-order valence-corrected chi connectivity index (χ2v) is 4.27. The number of aryl methyl sites for hydroxylation is 1. The van der Waals surface area contributed by atoms with E-state index < -0.39 is 0 Å². The summed E-state index contributed by atoms with van der Waals surface area (Å²) in [5.74, 6) is 0.369. The SMILES string of the molecule is C=C[C@]1(CCc2ccccc2)CCC1=O. The van der Waals surface area contributed by atoms with E-state index in [1.807, 2.05) is 24.3 Å². The summed E-state index contributed by atoms with van der Waals surface area (Å²) in [6, 6.07) is 10.3. The molecule has 1 saturated carbocycles. The lowest BCUT2D eigenvalue weighted by Gasteiger charge is -2.37. The molecular formula is C14H16O. The Kier molecular flexibility index (Phi) is 2.72. The van der Waals surface area contributed by atoms with Gasteiger partial charge in [-0.05, 0) is 24.8 Å². The molecule has 1 atom stereocenters. The van der Waals surface area contributed by atoms with Crippen LogP contribution in [-0.4, -0.2) is 5.78 Å². The van der Waals surface area contributed by atoms with Crippen molar-refractivity contribution in [2.45, 2.75) is 25.7 Å². The summed E-state index contributed by atoms with van der Waals surface area (Å²) in [5.41, 5.74) is 1.11. The van der Waals surface area contributed by atoms with Crippen LogP contribution in [0.2, 0.25) is 0 Å². The highest BCUT2D eigenvalue weighted by Crippen LogP contribution is 2.42. The fourth-order valence-electron chi connectivity index (χ4n) is 2.14. The Morgan fingerprint density at radius 2 is 2.07 bits per heavy atom. The lowest BCUT2D eigenvalue weighted by Crippen LogP contribution is -2.39. The molecule has 1 aromatic carbocycles. The van der Waals surface area contributed by atoms with Crippen molar-refractivity contribution < 1.29 is 4.79 Å². The molecule has 78 valence electrons. The zero-order valence-corrected chi connectivity index (χ0v) is 8.91. The van der Waals surface area contributed by atoms with Gasteiger partial charge in [0.15, 0.2) is 0 Å². The molecule has 1 nitrogen and oxygen atoms in total. The molecule has 0 saturated heterocycles. The van der Waals surface area contributed by atoms with Crippen molar-refractivity contribution in [3.05, 3.63) is 48.6 Å². The van der Waals surface area contributed by atoms with Crippen LogP contribution in [0.15, 0.2) is 43.0 Å². The van der Waals surface area contributed by atoms with E-state index in [9.17, 15) is 4.79 Å². The van der Waals surface area contributed by atoms with Crippen molar-refractivity contribution in [1.82, 2.24) is 0 Å². The third-order valence-corrected chi connectivity index (χ3v) is 3.45. The molecule has 1 aliphatic rings. The van der Waals surface area contributed by atoms with Crippen molar-refractivity contribution in [2.24, 2.45) is 5.41 Å². The van der Waals surface area contributed by atoms with Crippen LogP contribution in [-0.2, 0) is 11.2 Å². The fraction of sp³-hybridized carbons (Fsp3) is 0.357. The van der Waals surface area contributed by atoms with E-state index in [-0.39, 0.29) is 5.41 Å². The number of carbonyl (C=O) groups excluding carboxylic acids is 1. The van der Waals surface area contributed by atoms with Crippen LogP contribution in [0.4, 0.5) is 0 Å². The molecule has 1 aliphatic carbocycles. The van der Waals surface area contributed by atoms with Gasteiger partial charge in [-0.3, -0.25) is 4.79 Å². The second kappa shape index (κ2) is 4.01. The predicted molar refractivity (Wildman–Crippen MR) is 61.6 cm³/mol. The van der Waals surface area contributed by atoms with Gasteiger partial charge in [-0.25, -0.2) is 0 Å². The lowest BCUT2D eigenvalue weighted by molar-refractivity contribution is -0.134. The Morgan fingerprint density at radius 3 is 2.53 bits per heavy atom. The number of Topliss-reactive ketones (excluding diaryl/α,β-unsaturated/α-hetero) is 1. The fourth-order valence-corrected chi connectivity index (χ4v) is 2.14. The van der Waals surface area contributed by atoms with Gasteiger partial charge >= 0.3 is 0 Å². The third kappa shape index (κ3) is 1.87. The van der Waals surface area contributed by atoms with Crippen LogP contribution in [0.5, 0.6) is 0 Å². The van der Waals surface area contributed by atoms with Crippen LogP contribution >= 0.6 is 0 Å². The molecule has 0 bridgehead atoms. The highest BCUT2D eigenvalue weighted by molar-refractivity contribution is 5.92. The van der Waals surface area contributed by atoms with Gasteiger partial charge in [0.25, 0.3) is 0 Å². The summed E-state index contributed by atoms with van der Waals surface area (Å²) in [7, 11) is 0. The average Bonchev–Trinajstić information content (AvgIpc) is 2.30. The van der Waals surface area contributed by atoms with Crippen LogP contribution in [0.25, 0.3) is 0 Å². The highest BCUT2D eigenvalue weighted by atomic mass is 16.1. The Morgan fingerprint density at radius 1 is 1.33 bits per heavy atom. The lowest BCUT2D eigenvalue weighted by atomic mass is 9.65. The van der Waals surface area contributed by atoms with E-state index in [0.717, 1.165) is 25.7 Å². The predicted octanol–water partition coefficient (Wildman–Crippen LogP) is 3.15. The molecule has 0 amide bonds. The normalized spacial score (nSPS) is 24.7. The molecule has 0 aliphatic heterocycles. The monoisotopic (exact) mass is 200 g/mol. The van der Waals surface area contributed by atoms with Gasteiger partial charge in [-0.2, -0.15) is 0 Å². The maximum Gasteiger partial charge on any atom is 0.142 e. The molecule has 0 heterocycles. The van der Waals surface area contributed by atoms with Crippen molar-refractivity contribution in [2.75, 3.05) is 0 Å². The Labute approximate surface area is 90.8 Å². The number of rotatable bonds is 4. The van der Waals surface area contributed by atoms with Crippen molar-refractivity contribution in [3.8, 4) is 0 Å². The minimum atomic E-state index is -0.199. The average molecular weight is 200 g/mol. The molecule has 1 fully saturated rings. The first-order chi connectivity index (χ1) is 7.27. The van der Waals surface area contributed by atoms with E-state index in [1.165, 1.54) is 5.56 Å². The summed E-state index contributed by atoms with van der Waals surface area (Å²) in [5, 5.41) is 0. The Balaban J connectivity index is 1.98. The molecule has 15 heavy (non-hydrogen) atoms. The highest BCUT2D eigenvalue weighted by Gasteiger charge is 2.42. The number of ketones is 1. The first kappa shape index (κ1) is 10.2. The molecule has 1 aromatic rings. The molecule has 0 radical (unpaired) electrons. The molecule has 0 aromatic heterocycles. The molecule has 0 unspecified atom stereocenters. The van der Waals surface area contributed by atoms with E-state index >= 15 is 0 Å². The summed E-state index contributed by atoms with van der Waals surface area (Å²) >= 11 is 0. The number of carbonyl (C=O) groups is 1. The molecule has 2 rings (SSSR count). The molecular weight excluding hydrogens is 184 g/mol. The smallest absolute Gasteiger partial charge is 0.142 e. The van der Waals surface area contributed by atoms with Gasteiger partial charge in [-0.15, -0.1) is 6.58 Å². The first-order valence-electron chi connectivity index (χ1n) is 5.48. The summed E-state index contributed by atoms with van der Waals surface area (Å²) in [6.07, 6.45) is 5.46. The standard InChI is InChI=1S/C14H16O/c1-2-14(11-9-13(14)15)10-8-12-6-4-3-5-7-12/h2-7H,1,8-11H2/t14-/m0/s1. The zero-order chi connectivity index (χ0) is 10.7. The summed E-state index contributed by atoms with van der Waals surface area (Å²) in [4.78, 5) is 11.5. The Hall–Kier alpha value is -1.37. The van der Waals surface area contributed by atoms with E-state index in [0.29, 0.717) is 5.78 Å². The van der Waals surface area contributed by atoms with Crippen LogP contribution in [0.3, 0.4) is 0 Å². The van der Waals surface area contributed by atoms with Gasteiger partial charge in [-0.1, -0.05) is 36.4 Å². The Bertz CT molecular complexity index is 366. The molecule has 1 heteroatoms. The first-order valence-corrected chi connectivity index (χ1v) is 5.48. The van der Waals surface area contributed by atoms with Gasteiger partial charge in [0.2, 0.25) is 0 Å². The van der Waals surface area contributed by atoms with Crippen molar-refractivity contribution >= 4 is 5.78 Å². The molecule has 0 N–H and O–H groups in total. The maximum absolute atomic E-state index is 11.5. The third-order valence-electron chi connectivity index (χ3n) is 3.45. The molecule has 0 spiro atoms. The van der Waals surface area contributed by atoms with E-state index in [2.05, 4.69) is 18.7 Å². The van der Waals surface area contributed by atoms with Crippen molar-refractivity contribution in [3.63, 3.8) is 0 Å². The number of allylic oxidation sites excluding steroid dienone is 1. The maximum atomic E-state index is 11.5. The number of hydrogen-bond donors (Lipinski definition) is 0. The summed E-state index contributed by atoms with van der Waals surface area (Å²) < 4.78 is 0. The van der Waals surface area contributed by atoms with Crippen LogP contribution < -0.4 is 0 Å². The minimum absolute atomic E-state index is 0.199. The van der Waals surface area contributed by atoms with E-state index in [4.69, 9.17) is 0 Å². The van der Waals surface area contributed by atoms with Gasteiger partial charge in [0.05, 0.1) is 0 Å². The second-order valence-electron chi connectivity index (χ2n) is 4.27. The van der Waals surface area contributed by atoms with Crippen LogP contribution in [0, 0.1) is 5.41 Å². The van der Waals surface area contributed by atoms with Crippen molar-refractivity contribution in [1.29, 1.82) is 0 Å². The quantitative estimate of drug-likeness (QED) is 0.682. The van der Waals surface area contributed by atoms with Gasteiger partial charge in [0.1, 0.15) is 5.78 Å². The zero-order valence-electron chi connectivity index (χ0n) is 8.91. The largest absolute Gasteiger partial charge is 0.299 e. The topological polar surface area (TPSA) is 17.1 Å².